The van der Waals surface area contributed by atoms with Crippen molar-refractivity contribution in [3.63, 3.8) is 0 Å². The van der Waals surface area contributed by atoms with Crippen molar-refractivity contribution >= 4 is 28.9 Å². The Morgan fingerprint density at radius 1 is 1.32 bits per heavy atom. The Kier molecular flexibility index (Phi) is 3.87. The van der Waals surface area contributed by atoms with Crippen LogP contribution >= 0.6 is 23.2 Å². The molecule has 1 aromatic heterocycles. The Balaban J connectivity index is 2.51. The molecule has 1 aromatic carbocycles. The minimum absolute atomic E-state index is 0.252. The fourth-order valence-electron chi connectivity index (χ4n) is 1.73. The van der Waals surface area contributed by atoms with E-state index in [9.17, 15) is 4.79 Å². The average Bonchev–Trinajstić information content (AvgIpc) is 2.65. The van der Waals surface area contributed by atoms with E-state index in [1.165, 1.54) is 21.6 Å². The predicted molar refractivity (Wildman–Crippen MR) is 77.1 cm³/mol. The normalized spacial score (nSPS) is 11.2. The maximum Gasteiger partial charge on any atom is 0.350 e. The standard InChI is InChI=1S/C12H14Cl2N4O/c1-7(2)5-17-6-16-18(12(17)19)11-4-10(15)8(13)3-9(11)14/h3-4,6-7H,5,15H2,1-2H3. The number of hydrogen-bond acceptors (Lipinski definition) is 3. The summed E-state index contributed by atoms with van der Waals surface area (Å²) in [6.07, 6.45) is 1.49. The Hall–Kier alpha value is -1.46. The number of hydrogen-bond donors (Lipinski definition) is 1. The van der Waals surface area contributed by atoms with Gasteiger partial charge in [0.25, 0.3) is 0 Å². The van der Waals surface area contributed by atoms with Crippen LogP contribution in [0.1, 0.15) is 13.8 Å². The van der Waals surface area contributed by atoms with Crippen LogP contribution in [0.3, 0.4) is 0 Å². The van der Waals surface area contributed by atoms with Gasteiger partial charge in [0.2, 0.25) is 0 Å². The summed E-state index contributed by atoms with van der Waals surface area (Å²) in [4.78, 5) is 12.2. The molecule has 5 nitrogen and oxygen atoms in total. The summed E-state index contributed by atoms with van der Waals surface area (Å²) in [5.41, 5.74) is 6.25. The minimum Gasteiger partial charge on any atom is -0.397 e. The molecule has 0 saturated heterocycles. The molecule has 19 heavy (non-hydrogen) atoms. The highest BCUT2D eigenvalue weighted by molar-refractivity contribution is 6.37. The number of aromatic nitrogens is 3. The van der Waals surface area contributed by atoms with E-state index < -0.39 is 0 Å². The van der Waals surface area contributed by atoms with E-state index in [1.807, 2.05) is 13.8 Å². The molecule has 0 aliphatic carbocycles. The summed E-state index contributed by atoms with van der Waals surface area (Å²) in [6, 6.07) is 3.04. The molecule has 2 N–H and O–H groups in total. The molecule has 0 aliphatic heterocycles. The van der Waals surface area contributed by atoms with E-state index >= 15 is 0 Å². The first kappa shape index (κ1) is 14.0. The Bertz CT molecular complexity index is 660. The van der Waals surface area contributed by atoms with E-state index in [4.69, 9.17) is 28.9 Å². The van der Waals surface area contributed by atoms with E-state index in [0.29, 0.717) is 33.9 Å². The summed E-state index contributed by atoms with van der Waals surface area (Å²) < 4.78 is 2.75. The zero-order valence-corrected chi connectivity index (χ0v) is 12.1. The van der Waals surface area contributed by atoms with Gasteiger partial charge in [0.1, 0.15) is 6.33 Å². The van der Waals surface area contributed by atoms with Crippen molar-refractivity contribution in [2.24, 2.45) is 5.92 Å². The number of benzene rings is 1. The third kappa shape index (κ3) is 2.77. The first-order valence-corrected chi connectivity index (χ1v) is 6.55. The zero-order valence-electron chi connectivity index (χ0n) is 10.6. The van der Waals surface area contributed by atoms with Crippen molar-refractivity contribution in [2.45, 2.75) is 20.4 Å². The number of nitrogens with two attached hydrogens (primary N) is 1. The molecule has 0 aliphatic rings. The third-order valence-electron chi connectivity index (χ3n) is 2.59. The summed E-state index contributed by atoms with van der Waals surface area (Å²) in [6.45, 7) is 4.65. The molecule has 7 heteroatoms. The molecular weight excluding hydrogens is 287 g/mol. The van der Waals surface area contributed by atoms with Crippen LogP contribution in [-0.2, 0) is 6.54 Å². The van der Waals surface area contributed by atoms with Gasteiger partial charge in [-0.15, -0.1) is 0 Å². The molecule has 0 amide bonds. The van der Waals surface area contributed by atoms with Crippen LogP contribution in [0.4, 0.5) is 5.69 Å². The molecular formula is C12H14Cl2N4O. The van der Waals surface area contributed by atoms with Gasteiger partial charge in [0.15, 0.2) is 0 Å². The van der Waals surface area contributed by atoms with Gasteiger partial charge in [0.05, 0.1) is 21.4 Å². The molecule has 0 saturated carbocycles. The van der Waals surface area contributed by atoms with Crippen LogP contribution in [0.5, 0.6) is 0 Å². The number of nitrogen functional groups attached to an aromatic ring is 1. The molecule has 0 radical (unpaired) electrons. The van der Waals surface area contributed by atoms with Crippen molar-refractivity contribution in [2.75, 3.05) is 5.73 Å². The summed E-state index contributed by atoms with van der Waals surface area (Å²) in [5.74, 6) is 0.348. The van der Waals surface area contributed by atoms with Gasteiger partial charge < -0.3 is 5.73 Å². The van der Waals surface area contributed by atoms with E-state index in [0.717, 1.165) is 0 Å². The molecule has 0 spiro atoms. The zero-order chi connectivity index (χ0) is 14.2. The molecule has 1 heterocycles. The Morgan fingerprint density at radius 2 is 2.00 bits per heavy atom. The number of rotatable bonds is 3. The summed E-state index contributed by atoms with van der Waals surface area (Å²) in [5, 5.41) is 4.73. The molecule has 0 bridgehead atoms. The van der Waals surface area contributed by atoms with E-state index in [-0.39, 0.29) is 5.69 Å². The average molecular weight is 301 g/mol. The van der Waals surface area contributed by atoms with Crippen LogP contribution in [0, 0.1) is 5.92 Å². The molecule has 2 rings (SSSR count). The molecule has 0 fully saturated rings. The fourth-order valence-corrected chi connectivity index (χ4v) is 2.20. The topological polar surface area (TPSA) is 65.8 Å². The van der Waals surface area contributed by atoms with Crippen LogP contribution in [0.2, 0.25) is 10.0 Å². The van der Waals surface area contributed by atoms with Crippen LogP contribution < -0.4 is 11.4 Å². The monoisotopic (exact) mass is 300 g/mol. The lowest BCUT2D eigenvalue weighted by Gasteiger charge is -2.06. The second kappa shape index (κ2) is 5.27. The van der Waals surface area contributed by atoms with Gasteiger partial charge in [-0.05, 0) is 18.1 Å². The lowest BCUT2D eigenvalue weighted by atomic mass is 10.2. The number of nitrogens with zero attached hydrogens (tertiary/aromatic N) is 3. The first-order valence-electron chi connectivity index (χ1n) is 5.79. The van der Waals surface area contributed by atoms with Crippen molar-refractivity contribution in [1.82, 2.24) is 14.3 Å². The summed E-state index contributed by atoms with van der Waals surface area (Å²) in [7, 11) is 0. The Morgan fingerprint density at radius 3 is 2.63 bits per heavy atom. The van der Waals surface area contributed by atoms with Crippen molar-refractivity contribution < 1.29 is 0 Å². The van der Waals surface area contributed by atoms with Crippen molar-refractivity contribution in [3.8, 4) is 5.69 Å². The van der Waals surface area contributed by atoms with Crippen molar-refractivity contribution in [3.05, 3.63) is 39.0 Å². The van der Waals surface area contributed by atoms with Crippen LogP contribution in [-0.4, -0.2) is 14.3 Å². The van der Waals surface area contributed by atoms with Gasteiger partial charge in [-0.3, -0.25) is 4.57 Å². The fraction of sp³-hybridized carbons (Fsp3) is 0.333. The lowest BCUT2D eigenvalue weighted by Crippen LogP contribution is -2.25. The van der Waals surface area contributed by atoms with Gasteiger partial charge in [-0.2, -0.15) is 9.78 Å². The van der Waals surface area contributed by atoms with Gasteiger partial charge in [-0.1, -0.05) is 37.0 Å². The van der Waals surface area contributed by atoms with Crippen LogP contribution in [0.25, 0.3) is 5.69 Å². The molecule has 0 atom stereocenters. The third-order valence-corrected chi connectivity index (χ3v) is 3.22. The SMILES string of the molecule is CC(C)Cn1cnn(-c2cc(N)c(Cl)cc2Cl)c1=O. The second-order valence-electron chi connectivity index (χ2n) is 4.70. The minimum atomic E-state index is -0.252. The maximum atomic E-state index is 12.2. The Labute approximate surface area is 120 Å². The van der Waals surface area contributed by atoms with Crippen LogP contribution in [0.15, 0.2) is 23.3 Å². The maximum absolute atomic E-state index is 12.2. The molecule has 2 aromatic rings. The highest BCUT2D eigenvalue weighted by Crippen LogP contribution is 2.28. The largest absolute Gasteiger partial charge is 0.397 e. The lowest BCUT2D eigenvalue weighted by molar-refractivity contribution is 0.509. The van der Waals surface area contributed by atoms with Gasteiger partial charge in [-0.25, -0.2) is 4.79 Å². The molecule has 102 valence electrons. The van der Waals surface area contributed by atoms with E-state index in [2.05, 4.69) is 5.10 Å². The van der Waals surface area contributed by atoms with Gasteiger partial charge in [0, 0.05) is 6.54 Å². The predicted octanol–water partition coefficient (Wildman–Crippen LogP) is 2.58. The number of halogens is 2. The highest BCUT2D eigenvalue weighted by Gasteiger charge is 2.13. The van der Waals surface area contributed by atoms with Crippen molar-refractivity contribution in [1.29, 1.82) is 0 Å². The first-order chi connectivity index (χ1) is 8.90. The molecule has 0 unspecified atom stereocenters. The highest BCUT2D eigenvalue weighted by atomic mass is 35.5. The quantitative estimate of drug-likeness (QED) is 0.886. The second-order valence-corrected chi connectivity index (χ2v) is 5.51. The van der Waals surface area contributed by atoms with Gasteiger partial charge >= 0.3 is 5.69 Å². The van der Waals surface area contributed by atoms with E-state index in [1.54, 1.807) is 6.07 Å². The number of anilines is 1. The smallest absolute Gasteiger partial charge is 0.350 e. The summed E-state index contributed by atoms with van der Waals surface area (Å²) >= 11 is 11.9.